The van der Waals surface area contributed by atoms with Crippen molar-refractivity contribution in [1.82, 2.24) is 9.80 Å². The number of likely N-dealkylation sites (N-methyl/N-ethyl adjacent to an activating group) is 1. The fraction of sp³-hybridized carbons (Fsp3) is 0.179. The lowest BCUT2D eigenvalue weighted by Crippen LogP contribution is -2.39. The Hall–Kier alpha value is -5.40. The van der Waals surface area contributed by atoms with Gasteiger partial charge in [0, 0.05) is 44.1 Å². The number of carbonyl (C=O) groups excluding carboxylic acids is 2. The van der Waals surface area contributed by atoms with Crippen LogP contribution in [0.5, 0.6) is 5.75 Å². The zero-order valence-electron chi connectivity index (χ0n) is 25.9. The molecule has 0 spiro atoms. The Kier molecular flexibility index (Phi) is 9.71. The zero-order chi connectivity index (χ0) is 31.7. The number of hydrogen-bond donors (Lipinski definition) is 2. The second kappa shape index (κ2) is 14.6. The van der Waals surface area contributed by atoms with E-state index in [1.807, 2.05) is 109 Å². The number of carbonyl (C=O) groups is 2. The molecule has 1 aliphatic heterocycles. The molecule has 1 atom stereocenters. The molecule has 232 valence electrons. The fourth-order valence-corrected chi connectivity index (χ4v) is 5.87. The van der Waals surface area contributed by atoms with Gasteiger partial charge in [-0.05, 0) is 53.4 Å². The maximum atomic E-state index is 14.3. The molecule has 2 N–H and O–H groups in total. The third-order valence-corrected chi connectivity index (χ3v) is 8.31. The van der Waals surface area contributed by atoms with E-state index < -0.39 is 12.1 Å². The lowest BCUT2D eigenvalue weighted by atomic mass is 10.0. The molecular weight excluding hydrogens is 572 g/mol. The highest BCUT2D eigenvalue weighted by Crippen LogP contribution is 2.33. The molecule has 46 heavy (non-hydrogen) atoms. The number of ether oxygens (including phenoxy) is 1. The van der Waals surface area contributed by atoms with Crippen molar-refractivity contribution in [2.75, 3.05) is 30.8 Å². The highest BCUT2D eigenvalue weighted by atomic mass is 16.5. The van der Waals surface area contributed by atoms with E-state index in [-0.39, 0.29) is 11.9 Å². The molecule has 5 aromatic carbocycles. The van der Waals surface area contributed by atoms with E-state index in [0.29, 0.717) is 22.7 Å². The van der Waals surface area contributed by atoms with Crippen molar-refractivity contribution in [2.24, 2.45) is 0 Å². The van der Waals surface area contributed by atoms with Crippen molar-refractivity contribution in [3.05, 3.63) is 162 Å². The molecule has 7 heteroatoms. The summed E-state index contributed by atoms with van der Waals surface area (Å²) in [6.07, 6.45) is 0.437. The standard InChI is InChI=1S/C39H38N4O3/c1-42(34-24-25-43(28-34)27-29-14-6-2-7-15-29)38(44)35-26-33(41-39(45)40-32-20-12-5-13-21-32)22-23-36(35)46-37(30-16-8-3-9-17-30)31-18-10-4-11-19-31/h2-23,26,34,37H,24-25,27-28H2,1H3,(H2,40,41,45). The molecule has 3 amide bonds. The topological polar surface area (TPSA) is 73.9 Å². The molecule has 7 nitrogen and oxygen atoms in total. The Balaban J connectivity index is 1.27. The minimum Gasteiger partial charge on any atom is -0.480 e. The van der Waals surface area contributed by atoms with Gasteiger partial charge in [-0.1, -0.05) is 109 Å². The van der Waals surface area contributed by atoms with Crippen molar-refractivity contribution in [3.8, 4) is 5.75 Å². The Morgan fingerprint density at radius 2 is 1.33 bits per heavy atom. The van der Waals surface area contributed by atoms with Crippen LogP contribution in [0.3, 0.4) is 0 Å². The van der Waals surface area contributed by atoms with Crippen LogP contribution >= 0.6 is 0 Å². The summed E-state index contributed by atoms with van der Waals surface area (Å²) in [6, 6.07) is 44.5. The molecule has 5 aromatic rings. The molecule has 0 saturated carbocycles. The van der Waals surface area contributed by atoms with Crippen LogP contribution in [0.2, 0.25) is 0 Å². The number of urea groups is 1. The largest absolute Gasteiger partial charge is 0.480 e. The lowest BCUT2D eigenvalue weighted by molar-refractivity contribution is 0.0728. The molecule has 0 aromatic heterocycles. The normalized spacial score (nSPS) is 14.5. The van der Waals surface area contributed by atoms with E-state index >= 15 is 0 Å². The van der Waals surface area contributed by atoms with E-state index in [4.69, 9.17) is 4.74 Å². The molecule has 1 heterocycles. The van der Waals surface area contributed by atoms with E-state index in [1.165, 1.54) is 5.56 Å². The SMILES string of the molecule is CN(C(=O)c1cc(NC(=O)Nc2ccccc2)ccc1OC(c1ccccc1)c1ccccc1)C1CCN(Cc2ccccc2)C1. The molecule has 1 unspecified atom stereocenters. The van der Waals surface area contributed by atoms with Crippen molar-refractivity contribution in [1.29, 1.82) is 0 Å². The summed E-state index contributed by atoms with van der Waals surface area (Å²) >= 11 is 0. The number of nitrogens with one attached hydrogen (secondary N) is 2. The number of hydrogen-bond acceptors (Lipinski definition) is 4. The van der Waals surface area contributed by atoms with E-state index in [1.54, 1.807) is 18.2 Å². The zero-order valence-corrected chi connectivity index (χ0v) is 25.9. The van der Waals surface area contributed by atoms with Gasteiger partial charge >= 0.3 is 6.03 Å². The van der Waals surface area contributed by atoms with Gasteiger partial charge < -0.3 is 20.3 Å². The summed E-state index contributed by atoms with van der Waals surface area (Å²) in [7, 11) is 1.86. The summed E-state index contributed by atoms with van der Waals surface area (Å²) < 4.78 is 6.72. The summed E-state index contributed by atoms with van der Waals surface area (Å²) in [5.74, 6) is 0.288. The third kappa shape index (κ3) is 7.62. The maximum absolute atomic E-state index is 14.3. The van der Waals surface area contributed by atoms with Crippen LogP contribution in [0.25, 0.3) is 0 Å². The monoisotopic (exact) mass is 610 g/mol. The lowest BCUT2D eigenvalue weighted by Gasteiger charge is -2.27. The first-order valence-electron chi connectivity index (χ1n) is 15.6. The molecule has 1 aliphatic rings. The van der Waals surface area contributed by atoms with Crippen LogP contribution in [0.4, 0.5) is 16.2 Å². The summed E-state index contributed by atoms with van der Waals surface area (Å²) in [5, 5.41) is 5.73. The minimum absolute atomic E-state index is 0.0427. The van der Waals surface area contributed by atoms with E-state index in [0.717, 1.165) is 37.2 Å². The molecular formula is C39H38N4O3. The van der Waals surface area contributed by atoms with Crippen LogP contribution < -0.4 is 15.4 Å². The number of amides is 3. The van der Waals surface area contributed by atoms with Gasteiger partial charge in [0.25, 0.3) is 5.91 Å². The van der Waals surface area contributed by atoms with Crippen LogP contribution in [0, 0.1) is 0 Å². The minimum atomic E-state index is -0.438. The van der Waals surface area contributed by atoms with Crippen LogP contribution in [-0.4, -0.2) is 47.9 Å². The fourth-order valence-electron chi connectivity index (χ4n) is 5.87. The highest BCUT2D eigenvalue weighted by Gasteiger charge is 2.31. The van der Waals surface area contributed by atoms with Crippen molar-refractivity contribution < 1.29 is 14.3 Å². The van der Waals surface area contributed by atoms with E-state index in [2.05, 4.69) is 39.8 Å². The Morgan fingerprint density at radius 3 is 1.96 bits per heavy atom. The smallest absolute Gasteiger partial charge is 0.323 e. The van der Waals surface area contributed by atoms with Gasteiger partial charge in [0.2, 0.25) is 0 Å². The number of para-hydroxylation sites is 1. The molecule has 0 aliphatic carbocycles. The predicted octanol–water partition coefficient (Wildman–Crippen LogP) is 7.85. The van der Waals surface area contributed by atoms with E-state index in [9.17, 15) is 9.59 Å². The first-order valence-corrected chi connectivity index (χ1v) is 15.6. The average Bonchev–Trinajstić information content (AvgIpc) is 3.57. The maximum Gasteiger partial charge on any atom is 0.323 e. The average molecular weight is 611 g/mol. The van der Waals surface area contributed by atoms with Gasteiger partial charge in [0.15, 0.2) is 0 Å². The number of rotatable bonds is 10. The molecule has 1 saturated heterocycles. The van der Waals surface area contributed by atoms with Gasteiger partial charge in [-0.15, -0.1) is 0 Å². The first kappa shape index (κ1) is 30.6. The molecule has 0 radical (unpaired) electrons. The second-order valence-electron chi connectivity index (χ2n) is 11.6. The quantitative estimate of drug-likeness (QED) is 0.169. The van der Waals surface area contributed by atoms with Crippen molar-refractivity contribution in [2.45, 2.75) is 25.1 Å². The van der Waals surface area contributed by atoms with Crippen molar-refractivity contribution in [3.63, 3.8) is 0 Å². The Bertz CT molecular complexity index is 1690. The molecule has 6 rings (SSSR count). The second-order valence-corrected chi connectivity index (χ2v) is 11.6. The van der Waals surface area contributed by atoms with Crippen molar-refractivity contribution >= 4 is 23.3 Å². The van der Waals surface area contributed by atoms with Gasteiger partial charge in [-0.25, -0.2) is 4.79 Å². The summed E-state index contributed by atoms with van der Waals surface area (Å²) in [6.45, 7) is 2.53. The van der Waals surface area contributed by atoms with Gasteiger partial charge in [-0.2, -0.15) is 0 Å². The molecule has 1 fully saturated rings. The Labute approximate surface area is 270 Å². The van der Waals surface area contributed by atoms with Crippen LogP contribution in [0.1, 0.15) is 39.6 Å². The summed E-state index contributed by atoms with van der Waals surface area (Å²) in [4.78, 5) is 31.4. The van der Waals surface area contributed by atoms with Gasteiger partial charge in [-0.3, -0.25) is 9.69 Å². The Morgan fingerprint density at radius 1 is 0.761 bits per heavy atom. The number of benzene rings is 5. The summed E-state index contributed by atoms with van der Waals surface area (Å²) in [5.41, 5.74) is 4.75. The van der Waals surface area contributed by atoms with Crippen LogP contribution in [0.15, 0.2) is 140 Å². The van der Waals surface area contributed by atoms with Crippen LogP contribution in [-0.2, 0) is 6.54 Å². The molecule has 0 bridgehead atoms. The number of nitrogens with zero attached hydrogens (tertiary/aromatic N) is 2. The van der Waals surface area contributed by atoms with Gasteiger partial charge in [0.05, 0.1) is 5.56 Å². The highest BCUT2D eigenvalue weighted by molar-refractivity contribution is 6.02. The predicted molar refractivity (Wildman–Crippen MR) is 183 cm³/mol. The number of anilines is 2. The van der Waals surface area contributed by atoms with Gasteiger partial charge in [0.1, 0.15) is 11.9 Å². The number of likely N-dealkylation sites (tertiary alicyclic amines) is 1. The third-order valence-electron chi connectivity index (χ3n) is 8.31. The first-order chi connectivity index (χ1) is 22.5.